The van der Waals surface area contributed by atoms with Crippen LogP contribution in [-0.4, -0.2) is 120 Å². The molecule has 0 spiro atoms. The Morgan fingerprint density at radius 1 is 0.917 bits per heavy atom. The van der Waals surface area contributed by atoms with E-state index in [-0.39, 0.29) is 0 Å². The lowest BCUT2D eigenvalue weighted by molar-refractivity contribution is -0.328. The van der Waals surface area contributed by atoms with Crippen LogP contribution in [0.3, 0.4) is 0 Å². The van der Waals surface area contributed by atoms with Crippen molar-refractivity contribution in [2.24, 2.45) is 0 Å². The molecule has 0 aliphatic carbocycles. The summed E-state index contributed by atoms with van der Waals surface area (Å²) in [6.45, 7) is -0.424. The third-order valence-electron chi connectivity index (χ3n) is 3.89. The van der Waals surface area contributed by atoms with Crippen molar-refractivity contribution in [3.8, 4) is 0 Å². The maximum absolute atomic E-state index is 10.0. The fourth-order valence-electron chi connectivity index (χ4n) is 2.32. The summed E-state index contributed by atoms with van der Waals surface area (Å²) in [5, 5.41) is 86.1. The smallest absolute Gasteiger partial charge is 0.187 e. The van der Waals surface area contributed by atoms with Crippen LogP contribution in [0.1, 0.15) is 6.92 Å². The number of rotatable bonds is 8. The number of aliphatic hydroxyl groups is 9. The molecule has 8 unspecified atom stereocenters. The van der Waals surface area contributed by atoms with Crippen molar-refractivity contribution in [3.05, 3.63) is 0 Å². The van der Waals surface area contributed by atoms with Gasteiger partial charge in [-0.15, -0.1) is 0 Å². The maximum Gasteiger partial charge on any atom is 0.187 e. The van der Waals surface area contributed by atoms with Gasteiger partial charge in [-0.25, -0.2) is 0 Å². The Labute approximate surface area is 137 Å². The molecule has 1 saturated heterocycles. The first-order valence-electron chi connectivity index (χ1n) is 7.44. The fraction of sp³-hybridized carbons (Fsp3) is 1.00. The highest BCUT2D eigenvalue weighted by Crippen LogP contribution is 2.25. The molecule has 1 heterocycles. The first-order chi connectivity index (χ1) is 11.1. The molecule has 0 aromatic heterocycles. The molecule has 0 bridgehead atoms. The van der Waals surface area contributed by atoms with E-state index in [2.05, 4.69) is 0 Å². The van der Waals surface area contributed by atoms with Gasteiger partial charge in [0.15, 0.2) is 6.29 Å². The second-order valence-corrected chi connectivity index (χ2v) is 5.77. The number of ether oxygens (including phenoxy) is 2. The summed E-state index contributed by atoms with van der Waals surface area (Å²) >= 11 is 0. The van der Waals surface area contributed by atoms with E-state index in [1.807, 2.05) is 0 Å². The van der Waals surface area contributed by atoms with E-state index in [1.165, 1.54) is 6.92 Å². The second-order valence-electron chi connectivity index (χ2n) is 5.77. The normalized spacial score (nSPS) is 37.5. The van der Waals surface area contributed by atoms with Gasteiger partial charge in [0.25, 0.3) is 0 Å². The molecule has 0 aromatic rings. The highest BCUT2D eigenvalue weighted by molar-refractivity contribution is 4.91. The first-order valence-corrected chi connectivity index (χ1v) is 7.44. The number of hydrogen-bond acceptors (Lipinski definition) is 11. The lowest BCUT2D eigenvalue weighted by Crippen LogP contribution is -2.61. The molecule has 0 amide bonds. The van der Waals surface area contributed by atoms with Gasteiger partial charge in [0.1, 0.15) is 48.8 Å². The van der Waals surface area contributed by atoms with Crippen LogP contribution in [0.4, 0.5) is 0 Å². The van der Waals surface area contributed by atoms with Crippen molar-refractivity contribution in [1.82, 2.24) is 0 Å². The second kappa shape index (κ2) is 9.31. The van der Waals surface area contributed by atoms with Crippen molar-refractivity contribution in [3.63, 3.8) is 0 Å². The molecular weight excluding hydrogens is 332 g/mol. The largest absolute Gasteiger partial charge is 0.394 e. The Balaban J connectivity index is 2.92. The molecule has 0 radical (unpaired) electrons. The minimum atomic E-state index is -1.88. The van der Waals surface area contributed by atoms with Crippen LogP contribution in [0.2, 0.25) is 0 Å². The molecule has 144 valence electrons. The summed E-state index contributed by atoms with van der Waals surface area (Å²) < 4.78 is 10.2. The van der Waals surface area contributed by atoms with Crippen LogP contribution in [0, 0.1) is 0 Å². The van der Waals surface area contributed by atoms with E-state index >= 15 is 0 Å². The van der Waals surface area contributed by atoms with Crippen molar-refractivity contribution in [2.75, 3.05) is 13.2 Å². The van der Waals surface area contributed by atoms with Gasteiger partial charge in [-0.2, -0.15) is 0 Å². The standard InChI is InChI=1S/C13H26O11/c1-4(16)7(18)10(21)12(5(17)2-14)24-13-11(22)9(20)8(19)6(3-15)23-13/h4-22H,2-3H2,1H3/t4-,5-,6?,7?,8?,9?,10?,11?,12?,13?/m1/s1. The molecule has 24 heavy (non-hydrogen) atoms. The summed E-state index contributed by atoms with van der Waals surface area (Å²) in [7, 11) is 0. The molecule has 1 fully saturated rings. The molecule has 0 aromatic carbocycles. The molecular formula is C13H26O11. The van der Waals surface area contributed by atoms with Gasteiger partial charge in [-0.1, -0.05) is 0 Å². The fourth-order valence-corrected chi connectivity index (χ4v) is 2.32. The van der Waals surface area contributed by atoms with E-state index in [0.29, 0.717) is 0 Å². The Kier molecular flexibility index (Phi) is 8.38. The number of hydrogen-bond donors (Lipinski definition) is 9. The summed E-state index contributed by atoms with van der Waals surface area (Å²) in [6.07, 6.45) is -16.6. The van der Waals surface area contributed by atoms with Crippen LogP contribution < -0.4 is 0 Å². The van der Waals surface area contributed by atoms with E-state index in [0.717, 1.165) is 0 Å². The Morgan fingerprint density at radius 2 is 1.50 bits per heavy atom. The Morgan fingerprint density at radius 3 is 1.96 bits per heavy atom. The monoisotopic (exact) mass is 358 g/mol. The van der Waals surface area contributed by atoms with E-state index in [4.69, 9.17) is 19.7 Å². The molecule has 10 atom stereocenters. The van der Waals surface area contributed by atoms with Crippen LogP contribution in [0.5, 0.6) is 0 Å². The third-order valence-corrected chi connectivity index (χ3v) is 3.89. The Bertz CT molecular complexity index is 366. The van der Waals surface area contributed by atoms with Gasteiger partial charge >= 0.3 is 0 Å². The topological polar surface area (TPSA) is 201 Å². The molecule has 9 N–H and O–H groups in total. The summed E-state index contributed by atoms with van der Waals surface area (Å²) in [5.74, 6) is 0. The average molecular weight is 358 g/mol. The lowest BCUT2D eigenvalue weighted by Gasteiger charge is -2.42. The zero-order valence-corrected chi connectivity index (χ0v) is 13.0. The molecule has 11 heteroatoms. The van der Waals surface area contributed by atoms with Crippen LogP contribution >= 0.6 is 0 Å². The highest BCUT2D eigenvalue weighted by Gasteiger charge is 2.47. The molecule has 11 nitrogen and oxygen atoms in total. The maximum atomic E-state index is 10.0. The van der Waals surface area contributed by atoms with E-state index in [9.17, 15) is 35.7 Å². The molecule has 1 aliphatic rings. The quantitative estimate of drug-likeness (QED) is 0.200. The van der Waals surface area contributed by atoms with Crippen molar-refractivity contribution < 1.29 is 55.4 Å². The van der Waals surface area contributed by atoms with E-state index < -0.39 is 74.4 Å². The summed E-state index contributed by atoms with van der Waals surface area (Å²) in [6, 6.07) is 0. The summed E-state index contributed by atoms with van der Waals surface area (Å²) in [4.78, 5) is 0. The van der Waals surface area contributed by atoms with Crippen molar-refractivity contribution >= 4 is 0 Å². The van der Waals surface area contributed by atoms with E-state index in [1.54, 1.807) is 0 Å². The third kappa shape index (κ3) is 4.80. The predicted molar refractivity (Wildman–Crippen MR) is 75.4 cm³/mol. The minimum absolute atomic E-state index is 0.711. The van der Waals surface area contributed by atoms with Crippen LogP contribution in [0.15, 0.2) is 0 Å². The van der Waals surface area contributed by atoms with Gasteiger partial charge in [0, 0.05) is 0 Å². The van der Waals surface area contributed by atoms with Crippen molar-refractivity contribution in [1.29, 1.82) is 0 Å². The van der Waals surface area contributed by atoms with Crippen LogP contribution in [0.25, 0.3) is 0 Å². The lowest BCUT2D eigenvalue weighted by atomic mass is 9.97. The zero-order chi connectivity index (χ0) is 18.6. The van der Waals surface area contributed by atoms with Gasteiger partial charge in [0.05, 0.1) is 19.3 Å². The molecule has 0 saturated carbocycles. The van der Waals surface area contributed by atoms with Crippen molar-refractivity contribution in [2.45, 2.75) is 68.1 Å². The Hall–Kier alpha value is -0.440. The average Bonchev–Trinajstić information content (AvgIpc) is 2.57. The molecule has 1 rings (SSSR count). The van der Waals surface area contributed by atoms with Gasteiger partial charge in [-0.05, 0) is 6.92 Å². The zero-order valence-electron chi connectivity index (χ0n) is 13.0. The predicted octanol–water partition coefficient (Wildman–Crippen LogP) is -5.37. The van der Waals surface area contributed by atoms with Gasteiger partial charge < -0.3 is 55.4 Å². The SMILES string of the molecule is C[C@@H](O)C(O)C(O)C(OC1OC(CO)C(O)C(O)C1O)[C@H](O)CO. The number of aliphatic hydroxyl groups excluding tert-OH is 9. The minimum Gasteiger partial charge on any atom is -0.394 e. The highest BCUT2D eigenvalue weighted by atomic mass is 16.7. The first kappa shape index (κ1) is 21.6. The molecule has 1 aliphatic heterocycles. The van der Waals surface area contributed by atoms with Gasteiger partial charge in [0.2, 0.25) is 0 Å². The van der Waals surface area contributed by atoms with Gasteiger partial charge in [-0.3, -0.25) is 0 Å². The summed E-state index contributed by atoms with van der Waals surface area (Å²) in [5.41, 5.74) is 0. The van der Waals surface area contributed by atoms with Crippen LogP contribution in [-0.2, 0) is 9.47 Å².